The first-order valence-electron chi connectivity index (χ1n) is 7.05. The number of rotatable bonds is 5. The van der Waals surface area contributed by atoms with Crippen molar-refractivity contribution in [2.75, 3.05) is 6.54 Å². The summed E-state index contributed by atoms with van der Waals surface area (Å²) in [7, 11) is 0. The molecule has 2 heterocycles. The molecular weight excluding hydrogens is 282 g/mol. The number of nitrogens with one attached hydrogen (secondary N) is 1. The quantitative estimate of drug-likeness (QED) is 0.669. The average Bonchev–Trinajstić information content (AvgIpc) is 3.06. The van der Waals surface area contributed by atoms with Crippen molar-refractivity contribution in [3.63, 3.8) is 0 Å². The van der Waals surface area contributed by atoms with Gasteiger partial charge in [0.2, 0.25) is 0 Å². The fourth-order valence-corrected chi connectivity index (χ4v) is 4.39. The molecule has 0 bridgehead atoms. The van der Waals surface area contributed by atoms with Gasteiger partial charge in [0.05, 0.1) is 6.04 Å². The molecule has 0 radical (unpaired) electrons. The van der Waals surface area contributed by atoms with Crippen LogP contribution in [0, 0.1) is 6.92 Å². The van der Waals surface area contributed by atoms with Gasteiger partial charge in [-0.05, 0) is 54.4 Å². The van der Waals surface area contributed by atoms with Crippen LogP contribution in [-0.2, 0) is 0 Å². The summed E-state index contributed by atoms with van der Waals surface area (Å²) in [5.41, 5.74) is 1.43. The zero-order valence-electron chi connectivity index (χ0n) is 11.8. The van der Waals surface area contributed by atoms with Gasteiger partial charge >= 0.3 is 0 Å². The van der Waals surface area contributed by atoms with Crippen LogP contribution < -0.4 is 5.32 Å². The van der Waals surface area contributed by atoms with E-state index in [9.17, 15) is 0 Å². The molecule has 3 aromatic rings. The smallest absolute Gasteiger partial charge is 0.0682 e. The maximum Gasteiger partial charge on any atom is 0.0682 e. The lowest BCUT2D eigenvalue weighted by Crippen LogP contribution is -2.22. The number of benzene rings is 1. The van der Waals surface area contributed by atoms with E-state index >= 15 is 0 Å². The van der Waals surface area contributed by atoms with Gasteiger partial charge in [-0.3, -0.25) is 0 Å². The molecule has 0 aliphatic carbocycles. The van der Waals surface area contributed by atoms with Gasteiger partial charge < -0.3 is 5.32 Å². The third-order valence-electron chi connectivity index (χ3n) is 3.54. The van der Waals surface area contributed by atoms with E-state index in [0.29, 0.717) is 6.04 Å². The van der Waals surface area contributed by atoms with Crippen LogP contribution >= 0.6 is 22.7 Å². The second-order valence-electron chi connectivity index (χ2n) is 5.01. The molecule has 1 aromatic carbocycles. The molecule has 0 saturated carbocycles. The summed E-state index contributed by atoms with van der Waals surface area (Å²) >= 11 is 3.74. The Morgan fingerprint density at radius 1 is 1.20 bits per heavy atom. The first kappa shape index (κ1) is 13.8. The summed E-state index contributed by atoms with van der Waals surface area (Å²) in [6.45, 7) is 5.48. The van der Waals surface area contributed by atoms with Crippen molar-refractivity contribution in [2.45, 2.75) is 26.3 Å². The normalized spacial score (nSPS) is 12.9. The number of fused-ring (bicyclic) bond motifs is 1. The van der Waals surface area contributed by atoms with Crippen LogP contribution in [0.15, 0.2) is 41.8 Å². The van der Waals surface area contributed by atoms with E-state index in [2.05, 4.69) is 60.9 Å². The maximum atomic E-state index is 3.71. The molecule has 20 heavy (non-hydrogen) atoms. The molecule has 0 saturated heterocycles. The van der Waals surface area contributed by atoms with E-state index in [4.69, 9.17) is 0 Å². The highest BCUT2D eigenvalue weighted by Crippen LogP contribution is 2.35. The summed E-state index contributed by atoms with van der Waals surface area (Å²) in [6.07, 6.45) is 1.16. The molecule has 1 N–H and O–H groups in total. The van der Waals surface area contributed by atoms with Crippen LogP contribution in [0.25, 0.3) is 10.1 Å². The van der Waals surface area contributed by atoms with E-state index in [0.717, 1.165) is 13.0 Å². The third-order valence-corrected chi connectivity index (χ3v) is 5.58. The van der Waals surface area contributed by atoms with Crippen LogP contribution in [-0.4, -0.2) is 6.54 Å². The van der Waals surface area contributed by atoms with Crippen molar-refractivity contribution in [3.05, 3.63) is 57.1 Å². The lowest BCUT2D eigenvalue weighted by atomic mass is 10.1. The predicted octanol–water partition coefficient (Wildman–Crippen LogP) is 5.36. The lowest BCUT2D eigenvalue weighted by molar-refractivity contribution is 0.605. The molecule has 3 rings (SSSR count). The molecule has 0 aliphatic heterocycles. The highest BCUT2D eigenvalue weighted by molar-refractivity contribution is 7.19. The fraction of sp³-hybridized carbons (Fsp3) is 0.294. The van der Waals surface area contributed by atoms with E-state index in [-0.39, 0.29) is 0 Å². The summed E-state index contributed by atoms with van der Waals surface area (Å²) in [4.78, 5) is 2.83. The van der Waals surface area contributed by atoms with Crippen molar-refractivity contribution in [2.24, 2.45) is 0 Å². The molecule has 1 nitrogen and oxygen atoms in total. The van der Waals surface area contributed by atoms with E-state index in [1.54, 1.807) is 0 Å². The SMILES string of the molecule is CCCNC(c1cc2ccccc2s1)c1ccsc1C. The summed E-state index contributed by atoms with van der Waals surface area (Å²) in [5.74, 6) is 0. The second-order valence-corrected chi connectivity index (χ2v) is 7.24. The van der Waals surface area contributed by atoms with Gasteiger partial charge in [-0.1, -0.05) is 25.1 Å². The summed E-state index contributed by atoms with van der Waals surface area (Å²) < 4.78 is 1.37. The van der Waals surface area contributed by atoms with Crippen LogP contribution in [0.1, 0.15) is 34.7 Å². The number of thiophene rings is 2. The summed E-state index contributed by atoms with van der Waals surface area (Å²) in [5, 5.41) is 7.25. The zero-order valence-corrected chi connectivity index (χ0v) is 13.5. The Bertz CT molecular complexity index is 663. The Morgan fingerprint density at radius 2 is 2.05 bits per heavy atom. The van der Waals surface area contributed by atoms with Gasteiger partial charge in [0.15, 0.2) is 0 Å². The summed E-state index contributed by atoms with van der Waals surface area (Å²) in [6, 6.07) is 13.6. The van der Waals surface area contributed by atoms with Crippen LogP contribution in [0.2, 0.25) is 0 Å². The van der Waals surface area contributed by atoms with Gasteiger partial charge in [-0.2, -0.15) is 0 Å². The topological polar surface area (TPSA) is 12.0 Å². The highest BCUT2D eigenvalue weighted by atomic mass is 32.1. The van der Waals surface area contributed by atoms with Gasteiger partial charge in [0.1, 0.15) is 0 Å². The van der Waals surface area contributed by atoms with Gasteiger partial charge in [0, 0.05) is 14.5 Å². The van der Waals surface area contributed by atoms with Gasteiger partial charge in [0.25, 0.3) is 0 Å². The monoisotopic (exact) mass is 301 g/mol. The molecule has 1 atom stereocenters. The molecule has 0 aliphatic rings. The first-order chi connectivity index (χ1) is 9.79. The molecule has 0 spiro atoms. The van der Waals surface area contributed by atoms with Crippen molar-refractivity contribution in [1.82, 2.24) is 5.32 Å². The average molecular weight is 301 g/mol. The van der Waals surface area contributed by atoms with Crippen LogP contribution in [0.4, 0.5) is 0 Å². The third kappa shape index (κ3) is 2.66. The highest BCUT2D eigenvalue weighted by Gasteiger charge is 2.18. The van der Waals surface area contributed by atoms with Crippen molar-refractivity contribution < 1.29 is 0 Å². The van der Waals surface area contributed by atoms with E-state index in [1.165, 1.54) is 25.4 Å². The fourth-order valence-electron chi connectivity index (χ4n) is 2.49. The minimum atomic E-state index is 0.332. The maximum absolute atomic E-state index is 3.71. The molecule has 104 valence electrons. The van der Waals surface area contributed by atoms with Gasteiger partial charge in [-0.15, -0.1) is 22.7 Å². The minimum absolute atomic E-state index is 0.332. The largest absolute Gasteiger partial charge is 0.306 e. The Hall–Kier alpha value is -1.16. The van der Waals surface area contributed by atoms with Gasteiger partial charge in [-0.25, -0.2) is 0 Å². The molecule has 1 unspecified atom stereocenters. The Balaban J connectivity index is 2.02. The van der Waals surface area contributed by atoms with E-state index in [1.807, 2.05) is 22.7 Å². The van der Waals surface area contributed by atoms with Crippen molar-refractivity contribution in [1.29, 1.82) is 0 Å². The molecule has 3 heteroatoms. The standard InChI is InChI=1S/C17H19NS2/c1-3-9-18-17(14-8-10-19-12(14)2)16-11-13-6-4-5-7-15(13)20-16/h4-8,10-11,17-18H,3,9H2,1-2H3. The lowest BCUT2D eigenvalue weighted by Gasteiger charge is -2.17. The second kappa shape index (κ2) is 6.08. The Kier molecular flexibility index (Phi) is 4.20. The Morgan fingerprint density at radius 3 is 2.75 bits per heavy atom. The van der Waals surface area contributed by atoms with Crippen LogP contribution in [0.5, 0.6) is 0 Å². The zero-order chi connectivity index (χ0) is 13.9. The molecular formula is C17H19NS2. The minimum Gasteiger partial charge on any atom is -0.306 e. The predicted molar refractivity (Wildman–Crippen MR) is 91.0 cm³/mol. The number of aryl methyl sites for hydroxylation is 1. The number of hydrogen-bond acceptors (Lipinski definition) is 3. The van der Waals surface area contributed by atoms with Crippen molar-refractivity contribution in [3.8, 4) is 0 Å². The van der Waals surface area contributed by atoms with E-state index < -0.39 is 0 Å². The molecule has 0 fully saturated rings. The molecule has 0 amide bonds. The number of hydrogen-bond donors (Lipinski definition) is 1. The Labute approximate surface area is 128 Å². The van der Waals surface area contributed by atoms with Crippen molar-refractivity contribution >= 4 is 32.8 Å². The van der Waals surface area contributed by atoms with Crippen LogP contribution in [0.3, 0.4) is 0 Å². The molecule has 2 aromatic heterocycles. The first-order valence-corrected chi connectivity index (χ1v) is 8.75.